The highest BCUT2D eigenvalue weighted by atomic mass is 35.5. The fraction of sp³-hybridized carbons (Fsp3) is 0.0556. The summed E-state index contributed by atoms with van der Waals surface area (Å²) >= 11 is 5.97. The third-order valence-electron chi connectivity index (χ3n) is 3.31. The molecule has 0 aliphatic heterocycles. The first-order valence-corrected chi connectivity index (χ1v) is 7.55. The summed E-state index contributed by atoms with van der Waals surface area (Å²) in [5.74, 6) is -0.661. The average molecular weight is 341 g/mol. The molecule has 0 aliphatic carbocycles. The first-order valence-electron chi connectivity index (χ1n) is 7.17. The van der Waals surface area contributed by atoms with Crippen molar-refractivity contribution >= 4 is 23.4 Å². The Hall–Kier alpha value is -2.92. The van der Waals surface area contributed by atoms with Gasteiger partial charge in [-0.1, -0.05) is 29.8 Å². The van der Waals surface area contributed by atoms with Gasteiger partial charge in [0, 0.05) is 18.1 Å². The lowest BCUT2D eigenvalue weighted by Crippen LogP contribution is -2.08. The van der Waals surface area contributed by atoms with Crippen molar-refractivity contribution in [3.63, 3.8) is 0 Å². The van der Waals surface area contributed by atoms with Crippen LogP contribution in [0.25, 0.3) is 5.69 Å². The Balaban J connectivity index is 1.97. The van der Waals surface area contributed by atoms with Crippen LogP contribution in [0.2, 0.25) is 5.02 Å². The Morgan fingerprint density at radius 3 is 2.58 bits per heavy atom. The maximum absolute atomic E-state index is 12.7. The molecule has 6 heteroatoms. The Morgan fingerprint density at radius 2 is 1.88 bits per heavy atom. The third-order valence-corrected chi connectivity index (χ3v) is 3.54. The zero-order chi connectivity index (χ0) is 17.1. The highest BCUT2D eigenvalue weighted by Crippen LogP contribution is 2.26. The number of hydrogen-bond acceptors (Lipinski definition) is 4. The molecule has 0 amide bonds. The lowest BCUT2D eigenvalue weighted by molar-refractivity contribution is -0.131. The number of nitrogens with zero attached hydrogens (tertiary/aromatic N) is 2. The van der Waals surface area contributed by atoms with Crippen LogP contribution in [0, 0.1) is 0 Å². The Labute approximate surface area is 143 Å². The predicted molar refractivity (Wildman–Crippen MR) is 89.8 cm³/mol. The minimum absolute atomic E-state index is 0.171. The van der Waals surface area contributed by atoms with Crippen LogP contribution in [0.3, 0.4) is 0 Å². The molecule has 0 unspecified atom stereocenters. The van der Waals surface area contributed by atoms with Crippen molar-refractivity contribution in [2.75, 3.05) is 0 Å². The number of carbonyl (C=O) groups is 2. The van der Waals surface area contributed by atoms with Crippen molar-refractivity contribution in [1.82, 2.24) is 9.78 Å². The number of rotatable bonds is 4. The second-order valence-corrected chi connectivity index (χ2v) is 5.51. The molecular weight excluding hydrogens is 328 g/mol. The summed E-state index contributed by atoms with van der Waals surface area (Å²) in [4.78, 5) is 24.0. The number of hydrogen-bond donors (Lipinski definition) is 0. The van der Waals surface area contributed by atoms with Crippen LogP contribution in [-0.4, -0.2) is 21.5 Å². The number of ether oxygens (including phenoxy) is 1. The maximum atomic E-state index is 12.7. The standard InChI is InChI=1S/C18H13ClN2O3/c1-12(22)24-17-8-7-14(19)9-16(17)18(23)13-10-20-21(11-13)15-5-3-2-4-6-15/h2-11H,1H3. The van der Waals surface area contributed by atoms with Crippen LogP contribution in [-0.2, 0) is 4.79 Å². The van der Waals surface area contributed by atoms with E-state index in [2.05, 4.69) is 5.10 Å². The summed E-state index contributed by atoms with van der Waals surface area (Å²) in [5.41, 5.74) is 1.42. The van der Waals surface area contributed by atoms with Gasteiger partial charge >= 0.3 is 5.97 Å². The van der Waals surface area contributed by atoms with Crippen molar-refractivity contribution in [2.45, 2.75) is 6.92 Å². The fourth-order valence-electron chi connectivity index (χ4n) is 2.24. The first-order chi connectivity index (χ1) is 11.5. The highest BCUT2D eigenvalue weighted by molar-refractivity contribution is 6.31. The van der Waals surface area contributed by atoms with Crippen molar-refractivity contribution in [3.8, 4) is 11.4 Å². The van der Waals surface area contributed by atoms with Gasteiger partial charge in [0.25, 0.3) is 0 Å². The summed E-state index contributed by atoms with van der Waals surface area (Å²) in [6.45, 7) is 1.27. The van der Waals surface area contributed by atoms with E-state index in [1.165, 1.54) is 25.3 Å². The molecule has 5 nitrogen and oxygen atoms in total. The topological polar surface area (TPSA) is 61.2 Å². The van der Waals surface area contributed by atoms with E-state index in [1.807, 2.05) is 30.3 Å². The second-order valence-electron chi connectivity index (χ2n) is 5.07. The molecule has 2 aromatic carbocycles. The quantitative estimate of drug-likeness (QED) is 0.413. The molecule has 0 aliphatic rings. The van der Waals surface area contributed by atoms with Crippen molar-refractivity contribution in [1.29, 1.82) is 0 Å². The summed E-state index contributed by atoms with van der Waals surface area (Å²) in [5, 5.41) is 4.58. The molecule has 120 valence electrons. The van der Waals surface area contributed by atoms with E-state index in [1.54, 1.807) is 16.9 Å². The number of halogens is 1. The van der Waals surface area contributed by atoms with Gasteiger partial charge in [0.05, 0.1) is 23.0 Å². The van der Waals surface area contributed by atoms with E-state index < -0.39 is 5.97 Å². The van der Waals surface area contributed by atoms with Crippen LogP contribution in [0.1, 0.15) is 22.8 Å². The zero-order valence-electron chi connectivity index (χ0n) is 12.8. The number of carbonyl (C=O) groups excluding carboxylic acids is 2. The lowest BCUT2D eigenvalue weighted by atomic mass is 10.1. The number of para-hydroxylation sites is 1. The number of aromatic nitrogens is 2. The molecule has 0 N–H and O–H groups in total. The molecule has 3 rings (SSSR count). The van der Waals surface area contributed by atoms with Crippen LogP contribution in [0.5, 0.6) is 5.75 Å². The number of ketones is 1. The molecule has 1 aromatic heterocycles. The monoisotopic (exact) mass is 340 g/mol. The van der Waals surface area contributed by atoms with E-state index in [-0.39, 0.29) is 17.1 Å². The summed E-state index contributed by atoms with van der Waals surface area (Å²) in [6, 6.07) is 14.0. The maximum Gasteiger partial charge on any atom is 0.308 e. The van der Waals surface area contributed by atoms with Gasteiger partial charge in [-0.2, -0.15) is 5.10 Å². The molecule has 0 fully saturated rings. The molecular formula is C18H13ClN2O3. The molecule has 0 bridgehead atoms. The zero-order valence-corrected chi connectivity index (χ0v) is 13.5. The third kappa shape index (κ3) is 3.36. The Bertz CT molecular complexity index is 904. The van der Waals surface area contributed by atoms with Crippen LogP contribution in [0.4, 0.5) is 0 Å². The van der Waals surface area contributed by atoms with E-state index >= 15 is 0 Å². The van der Waals surface area contributed by atoms with E-state index in [0.717, 1.165) is 5.69 Å². The van der Waals surface area contributed by atoms with Gasteiger partial charge < -0.3 is 4.74 Å². The van der Waals surface area contributed by atoms with E-state index in [4.69, 9.17) is 16.3 Å². The summed E-state index contributed by atoms with van der Waals surface area (Å²) in [7, 11) is 0. The minimum Gasteiger partial charge on any atom is -0.426 e. The summed E-state index contributed by atoms with van der Waals surface area (Å²) in [6.07, 6.45) is 3.09. The van der Waals surface area contributed by atoms with Crippen molar-refractivity contribution in [2.24, 2.45) is 0 Å². The van der Waals surface area contributed by atoms with Gasteiger partial charge in [-0.25, -0.2) is 4.68 Å². The van der Waals surface area contributed by atoms with Crippen LogP contribution >= 0.6 is 11.6 Å². The van der Waals surface area contributed by atoms with Gasteiger partial charge in [-0.3, -0.25) is 9.59 Å². The van der Waals surface area contributed by atoms with Gasteiger partial charge in [-0.15, -0.1) is 0 Å². The summed E-state index contributed by atoms with van der Waals surface area (Å²) < 4.78 is 6.69. The molecule has 3 aromatic rings. The van der Waals surface area contributed by atoms with E-state index in [0.29, 0.717) is 10.6 Å². The Kier molecular flexibility index (Phi) is 4.44. The number of esters is 1. The first kappa shape index (κ1) is 16.0. The lowest BCUT2D eigenvalue weighted by Gasteiger charge is -2.07. The average Bonchev–Trinajstić information content (AvgIpc) is 3.06. The molecule has 0 saturated carbocycles. The van der Waals surface area contributed by atoms with Gasteiger partial charge in [0.1, 0.15) is 5.75 Å². The van der Waals surface area contributed by atoms with Crippen LogP contribution in [0.15, 0.2) is 60.9 Å². The predicted octanol–water partition coefficient (Wildman–Crippen LogP) is 3.68. The number of benzene rings is 2. The van der Waals surface area contributed by atoms with Gasteiger partial charge in [0.2, 0.25) is 0 Å². The molecule has 0 spiro atoms. The SMILES string of the molecule is CC(=O)Oc1ccc(Cl)cc1C(=O)c1cnn(-c2ccccc2)c1. The molecule has 0 atom stereocenters. The largest absolute Gasteiger partial charge is 0.426 e. The molecule has 1 heterocycles. The van der Waals surface area contributed by atoms with Crippen molar-refractivity contribution in [3.05, 3.63) is 77.1 Å². The van der Waals surface area contributed by atoms with Crippen molar-refractivity contribution < 1.29 is 14.3 Å². The highest BCUT2D eigenvalue weighted by Gasteiger charge is 2.18. The molecule has 24 heavy (non-hydrogen) atoms. The van der Waals surface area contributed by atoms with Gasteiger partial charge in [0.15, 0.2) is 5.78 Å². The normalized spacial score (nSPS) is 10.4. The molecule has 0 saturated heterocycles. The van der Waals surface area contributed by atoms with Gasteiger partial charge in [-0.05, 0) is 30.3 Å². The second kappa shape index (κ2) is 6.68. The fourth-order valence-corrected chi connectivity index (χ4v) is 2.41. The Morgan fingerprint density at radius 1 is 1.12 bits per heavy atom. The minimum atomic E-state index is -0.508. The van der Waals surface area contributed by atoms with E-state index in [9.17, 15) is 9.59 Å². The molecule has 0 radical (unpaired) electrons. The van der Waals surface area contributed by atoms with Crippen LogP contribution < -0.4 is 4.74 Å². The smallest absolute Gasteiger partial charge is 0.308 e.